The molecular weight excluding hydrogens is 243 g/mol. The second-order valence-electron chi connectivity index (χ2n) is 5.41. The van der Waals surface area contributed by atoms with Crippen LogP contribution in [0.15, 0.2) is 12.1 Å². The first-order chi connectivity index (χ1) is 9.11. The average Bonchev–Trinajstić information content (AvgIpc) is 2.85. The zero-order chi connectivity index (χ0) is 13.8. The summed E-state index contributed by atoms with van der Waals surface area (Å²) in [5.41, 5.74) is 5.32. The molecule has 2 unspecified atom stereocenters. The summed E-state index contributed by atoms with van der Waals surface area (Å²) in [6, 6.07) is 3.41. The Bertz CT molecular complexity index is 407. The van der Waals surface area contributed by atoms with Gasteiger partial charge in [0.2, 0.25) is 0 Å². The molecule has 0 spiro atoms. The number of hydrogen-bond donors (Lipinski definition) is 2. The van der Waals surface area contributed by atoms with E-state index in [4.69, 9.17) is 10.6 Å². The lowest BCUT2D eigenvalue weighted by Gasteiger charge is -2.21. The Morgan fingerprint density at radius 3 is 2.84 bits per heavy atom. The fraction of sp³-hybridized carbons (Fsp3) is 0.600. The van der Waals surface area contributed by atoms with Gasteiger partial charge in [-0.15, -0.1) is 0 Å². The summed E-state index contributed by atoms with van der Waals surface area (Å²) in [5, 5.41) is 0. The third-order valence-electron chi connectivity index (χ3n) is 3.83. The van der Waals surface area contributed by atoms with E-state index in [1.54, 1.807) is 6.07 Å². The largest absolute Gasteiger partial charge is 0.378 e. The fourth-order valence-corrected chi connectivity index (χ4v) is 2.90. The molecule has 1 saturated heterocycles. The first-order valence-electron chi connectivity index (χ1n) is 6.96. The molecule has 1 fully saturated rings. The van der Waals surface area contributed by atoms with Crippen molar-refractivity contribution in [2.24, 2.45) is 5.84 Å². The van der Waals surface area contributed by atoms with E-state index in [9.17, 15) is 4.39 Å². The predicted octanol–water partition coefficient (Wildman–Crippen LogP) is 2.91. The quantitative estimate of drug-likeness (QED) is 0.636. The van der Waals surface area contributed by atoms with Crippen LogP contribution < -0.4 is 11.3 Å². The maximum atomic E-state index is 14.1. The number of hydrogen-bond acceptors (Lipinski definition) is 3. The highest BCUT2D eigenvalue weighted by molar-refractivity contribution is 5.34. The number of benzene rings is 1. The highest BCUT2D eigenvalue weighted by Crippen LogP contribution is 2.28. The van der Waals surface area contributed by atoms with Crippen molar-refractivity contribution < 1.29 is 9.13 Å². The Morgan fingerprint density at radius 1 is 1.47 bits per heavy atom. The number of nitrogens with one attached hydrogen (secondary N) is 1. The Hall–Kier alpha value is -0.970. The molecule has 1 heterocycles. The summed E-state index contributed by atoms with van der Waals surface area (Å²) in [6.07, 6.45) is 4.25. The topological polar surface area (TPSA) is 47.3 Å². The Labute approximate surface area is 114 Å². The Balaban J connectivity index is 2.08. The average molecular weight is 266 g/mol. The molecule has 1 aromatic rings. The number of nitrogens with two attached hydrogens (primary N) is 1. The van der Waals surface area contributed by atoms with Crippen LogP contribution in [0.5, 0.6) is 0 Å². The highest BCUT2D eigenvalue weighted by atomic mass is 19.1. The summed E-state index contributed by atoms with van der Waals surface area (Å²) >= 11 is 0. The van der Waals surface area contributed by atoms with Crippen molar-refractivity contribution in [1.29, 1.82) is 0 Å². The molecule has 3 N–H and O–H groups in total. The number of aryl methyl sites for hydroxylation is 2. The molecule has 0 saturated carbocycles. The maximum absolute atomic E-state index is 14.1. The summed E-state index contributed by atoms with van der Waals surface area (Å²) in [6.45, 7) is 4.68. The lowest BCUT2D eigenvalue weighted by Crippen LogP contribution is -2.30. The van der Waals surface area contributed by atoms with Gasteiger partial charge in [0, 0.05) is 18.2 Å². The summed E-state index contributed by atoms with van der Waals surface area (Å²) in [7, 11) is 0. The van der Waals surface area contributed by atoms with Gasteiger partial charge in [0.15, 0.2) is 0 Å². The second kappa shape index (κ2) is 6.46. The molecule has 1 aromatic carbocycles. The van der Waals surface area contributed by atoms with Crippen molar-refractivity contribution in [3.8, 4) is 0 Å². The van der Waals surface area contributed by atoms with Gasteiger partial charge < -0.3 is 4.74 Å². The third kappa shape index (κ3) is 3.53. The van der Waals surface area contributed by atoms with Gasteiger partial charge in [-0.2, -0.15) is 0 Å². The summed E-state index contributed by atoms with van der Waals surface area (Å²) < 4.78 is 19.7. The van der Waals surface area contributed by atoms with E-state index >= 15 is 0 Å². The van der Waals surface area contributed by atoms with Gasteiger partial charge in [-0.05, 0) is 56.7 Å². The van der Waals surface area contributed by atoms with E-state index in [-0.39, 0.29) is 11.9 Å². The Morgan fingerprint density at radius 2 is 2.26 bits per heavy atom. The van der Waals surface area contributed by atoms with Crippen LogP contribution in [0.2, 0.25) is 0 Å². The molecule has 106 valence electrons. The van der Waals surface area contributed by atoms with Gasteiger partial charge in [0.1, 0.15) is 5.82 Å². The predicted molar refractivity (Wildman–Crippen MR) is 74.1 cm³/mol. The minimum absolute atomic E-state index is 0.148. The van der Waals surface area contributed by atoms with Crippen molar-refractivity contribution in [3.63, 3.8) is 0 Å². The van der Waals surface area contributed by atoms with Crippen LogP contribution in [-0.2, 0) is 4.74 Å². The highest BCUT2D eigenvalue weighted by Gasteiger charge is 2.21. The van der Waals surface area contributed by atoms with E-state index in [0.29, 0.717) is 11.7 Å². The van der Waals surface area contributed by atoms with Crippen molar-refractivity contribution in [1.82, 2.24) is 5.43 Å². The van der Waals surface area contributed by atoms with Crippen molar-refractivity contribution in [3.05, 3.63) is 34.6 Å². The SMILES string of the molecule is Cc1cc(C)c(C(CCC2CCCO2)NN)c(F)c1. The number of hydrazine groups is 1. The summed E-state index contributed by atoms with van der Waals surface area (Å²) in [5.74, 6) is 5.43. The molecule has 2 atom stereocenters. The maximum Gasteiger partial charge on any atom is 0.128 e. The van der Waals surface area contributed by atoms with Gasteiger partial charge in [0.25, 0.3) is 0 Å². The number of rotatable bonds is 5. The minimum Gasteiger partial charge on any atom is -0.378 e. The molecule has 2 rings (SSSR count). The smallest absolute Gasteiger partial charge is 0.128 e. The minimum atomic E-state index is -0.173. The van der Waals surface area contributed by atoms with Gasteiger partial charge >= 0.3 is 0 Å². The van der Waals surface area contributed by atoms with Crippen LogP contribution in [0, 0.1) is 19.7 Å². The van der Waals surface area contributed by atoms with Gasteiger partial charge in [0.05, 0.1) is 6.10 Å². The number of halogens is 1. The van der Waals surface area contributed by atoms with E-state index in [1.807, 2.05) is 19.9 Å². The second-order valence-corrected chi connectivity index (χ2v) is 5.41. The van der Waals surface area contributed by atoms with Gasteiger partial charge in [-0.1, -0.05) is 6.07 Å². The van der Waals surface area contributed by atoms with Crippen LogP contribution >= 0.6 is 0 Å². The van der Waals surface area contributed by atoms with Crippen LogP contribution in [0.3, 0.4) is 0 Å². The third-order valence-corrected chi connectivity index (χ3v) is 3.83. The van der Waals surface area contributed by atoms with E-state index in [2.05, 4.69) is 5.43 Å². The lowest BCUT2D eigenvalue weighted by molar-refractivity contribution is 0.0994. The number of ether oxygens (including phenoxy) is 1. The van der Waals surface area contributed by atoms with Crippen molar-refractivity contribution in [2.45, 2.75) is 51.7 Å². The van der Waals surface area contributed by atoms with Crippen LogP contribution in [0.4, 0.5) is 4.39 Å². The molecule has 1 aliphatic rings. The van der Waals surface area contributed by atoms with Crippen LogP contribution in [-0.4, -0.2) is 12.7 Å². The molecule has 0 radical (unpaired) electrons. The first kappa shape index (κ1) is 14.4. The molecule has 0 amide bonds. The first-order valence-corrected chi connectivity index (χ1v) is 6.96. The van der Waals surface area contributed by atoms with Crippen molar-refractivity contribution in [2.75, 3.05) is 6.61 Å². The molecule has 0 bridgehead atoms. The molecular formula is C15H23FN2O. The molecule has 1 aliphatic heterocycles. The fourth-order valence-electron chi connectivity index (χ4n) is 2.90. The van der Waals surface area contributed by atoms with Crippen LogP contribution in [0.1, 0.15) is 48.4 Å². The van der Waals surface area contributed by atoms with Crippen LogP contribution in [0.25, 0.3) is 0 Å². The van der Waals surface area contributed by atoms with E-state index in [1.165, 1.54) is 0 Å². The molecule has 0 aromatic heterocycles. The molecule has 19 heavy (non-hydrogen) atoms. The monoisotopic (exact) mass is 266 g/mol. The van der Waals surface area contributed by atoms with E-state index in [0.717, 1.165) is 43.4 Å². The summed E-state index contributed by atoms with van der Waals surface area (Å²) in [4.78, 5) is 0. The van der Waals surface area contributed by atoms with E-state index < -0.39 is 0 Å². The Kier molecular flexibility index (Phi) is 4.91. The van der Waals surface area contributed by atoms with Gasteiger partial charge in [-0.3, -0.25) is 11.3 Å². The normalized spacial score (nSPS) is 20.7. The lowest BCUT2D eigenvalue weighted by atomic mass is 9.94. The van der Waals surface area contributed by atoms with Crippen molar-refractivity contribution >= 4 is 0 Å². The zero-order valence-electron chi connectivity index (χ0n) is 11.7. The zero-order valence-corrected chi connectivity index (χ0v) is 11.7. The van der Waals surface area contributed by atoms with Gasteiger partial charge in [-0.25, -0.2) is 4.39 Å². The molecule has 4 heteroatoms. The standard InChI is InChI=1S/C15H23FN2O/c1-10-8-11(2)15(13(16)9-10)14(18-17)6-5-12-4-3-7-19-12/h8-9,12,14,18H,3-7,17H2,1-2H3. The molecule has 3 nitrogen and oxygen atoms in total. The molecule has 0 aliphatic carbocycles.